The van der Waals surface area contributed by atoms with Crippen LogP contribution in [-0.4, -0.2) is 96.8 Å². The Labute approximate surface area is 321 Å². The summed E-state index contributed by atoms with van der Waals surface area (Å²) in [7, 11) is 1.00. The standard InChI is InChI=1S/C20H21N3O3.C15H15N3O.C5H7N.CH4O.CH2O/c1-14-17(4-3-7-21-14)6-5-16-10-18(19(24)22-11-16)23-8-9-26-20(15(23)2)12-25-13-20;1-10-16-13-11-6-2-3-7-12(11)19-14(13)15(17-10)18-8-4-5-9-18;1-3-4-5-6-2;2*1-2/h3-4,7,10-11,15H,8-9,12-13H2,1-2H3,(H,22,24);2-3,6-7H,4-5,8-9H2,1H3;3-5H,1-2H2;2H,1H3;1H2/b;;5-4-;;. The van der Waals surface area contributed by atoms with E-state index in [-0.39, 0.29) is 17.2 Å². The Bertz CT molecular complexity index is 2180. The van der Waals surface area contributed by atoms with E-state index < -0.39 is 0 Å². The molecule has 5 aromatic rings. The van der Waals surface area contributed by atoms with Crippen LogP contribution >= 0.6 is 0 Å². The number of furan rings is 1. The van der Waals surface area contributed by atoms with Gasteiger partial charge in [0.25, 0.3) is 5.56 Å². The maximum atomic E-state index is 12.4. The predicted octanol–water partition coefficient (Wildman–Crippen LogP) is 5.57. The maximum Gasteiger partial charge on any atom is 0.271 e. The number of carbonyl (C=O) groups is 1. The number of aromatic amines is 1. The highest BCUT2D eigenvalue weighted by Gasteiger charge is 2.50. The van der Waals surface area contributed by atoms with Crippen LogP contribution in [0.5, 0.6) is 0 Å². The van der Waals surface area contributed by atoms with E-state index in [9.17, 15) is 4.79 Å². The lowest BCUT2D eigenvalue weighted by molar-refractivity contribution is -0.228. The summed E-state index contributed by atoms with van der Waals surface area (Å²) < 4.78 is 17.3. The summed E-state index contributed by atoms with van der Waals surface area (Å²) in [6.07, 6.45) is 10.8. The number of nitrogens with one attached hydrogen (secondary N) is 1. The lowest BCUT2D eigenvalue weighted by atomic mass is 9.90. The van der Waals surface area contributed by atoms with Gasteiger partial charge in [-0.25, -0.2) is 9.97 Å². The summed E-state index contributed by atoms with van der Waals surface area (Å²) in [6, 6.07) is 13.8. The van der Waals surface area contributed by atoms with Crippen LogP contribution in [0.25, 0.3) is 22.1 Å². The van der Waals surface area contributed by atoms with Crippen LogP contribution < -0.4 is 15.4 Å². The lowest BCUT2D eigenvalue weighted by Gasteiger charge is -2.53. The second kappa shape index (κ2) is 20.5. The van der Waals surface area contributed by atoms with Crippen molar-refractivity contribution >= 4 is 47.1 Å². The number of ether oxygens (including phenoxy) is 2. The molecule has 3 saturated heterocycles. The van der Waals surface area contributed by atoms with Crippen LogP contribution in [-0.2, 0) is 14.3 Å². The fourth-order valence-corrected chi connectivity index (χ4v) is 6.37. The molecule has 7 heterocycles. The van der Waals surface area contributed by atoms with Gasteiger partial charge in [0, 0.05) is 61.9 Å². The molecule has 4 aromatic heterocycles. The smallest absolute Gasteiger partial charge is 0.271 e. The van der Waals surface area contributed by atoms with Gasteiger partial charge in [-0.05, 0) is 76.7 Å². The predicted molar refractivity (Wildman–Crippen MR) is 218 cm³/mol. The number of para-hydroxylation sites is 1. The van der Waals surface area contributed by atoms with E-state index in [4.69, 9.17) is 23.8 Å². The number of allylic oxidation sites excluding steroid dienone is 2. The zero-order valence-electron chi connectivity index (χ0n) is 32.0. The number of aromatic nitrogens is 4. The number of morpholine rings is 1. The second-order valence-electron chi connectivity index (χ2n) is 12.6. The molecule has 0 amide bonds. The number of hydrogen-bond donors (Lipinski definition) is 2. The van der Waals surface area contributed by atoms with Crippen molar-refractivity contribution in [1.82, 2.24) is 19.9 Å². The zero-order chi connectivity index (χ0) is 39.8. The number of H-pyrrole nitrogens is 1. The molecule has 0 bridgehead atoms. The van der Waals surface area contributed by atoms with Crippen LogP contribution in [0, 0.1) is 25.7 Å². The number of anilines is 2. The van der Waals surface area contributed by atoms with Crippen molar-refractivity contribution in [2.24, 2.45) is 4.99 Å². The first-order chi connectivity index (χ1) is 26.8. The number of rotatable bonds is 4. The van der Waals surface area contributed by atoms with Crippen molar-refractivity contribution in [2.45, 2.75) is 45.3 Å². The summed E-state index contributed by atoms with van der Waals surface area (Å²) in [5, 5.41) is 8.07. The number of aliphatic hydroxyl groups is 1. The molecule has 3 aliphatic rings. The minimum absolute atomic E-state index is 0.0647. The van der Waals surface area contributed by atoms with Gasteiger partial charge in [-0.3, -0.25) is 14.8 Å². The van der Waals surface area contributed by atoms with Gasteiger partial charge in [-0.1, -0.05) is 36.6 Å². The molecular weight excluding hydrogens is 699 g/mol. The maximum absolute atomic E-state index is 12.4. The van der Waals surface area contributed by atoms with E-state index in [1.807, 2.05) is 57.0 Å². The molecule has 2 N–H and O–H groups in total. The Morgan fingerprint density at radius 2 is 1.80 bits per heavy atom. The van der Waals surface area contributed by atoms with E-state index in [1.165, 1.54) is 12.8 Å². The number of aliphatic hydroxyl groups excluding tert-OH is 1. The van der Waals surface area contributed by atoms with Crippen LogP contribution in [0.3, 0.4) is 0 Å². The molecule has 0 aliphatic carbocycles. The van der Waals surface area contributed by atoms with E-state index in [1.54, 1.807) is 30.7 Å². The molecule has 13 nitrogen and oxygen atoms in total. The number of fused-ring (bicyclic) bond motifs is 3. The summed E-state index contributed by atoms with van der Waals surface area (Å²) in [4.78, 5) is 44.5. The van der Waals surface area contributed by atoms with Gasteiger partial charge in [0.15, 0.2) is 11.4 Å². The van der Waals surface area contributed by atoms with Gasteiger partial charge in [-0.2, -0.15) is 0 Å². The fraction of sp³-hybridized carbons (Fsp3) is 0.333. The third-order valence-electron chi connectivity index (χ3n) is 9.23. The Morgan fingerprint density at radius 3 is 2.45 bits per heavy atom. The SMILES string of the molecule is C=C/C=C\N=C.C=O.CO.Cc1nc(N2CCCC2)c2oc3ccccc3c2n1.Cc1ncccc1C#Cc1c[nH]c(=O)c(N2CCOC3(COC3)C2C)c1. The van der Waals surface area contributed by atoms with Crippen LogP contribution in [0.4, 0.5) is 11.5 Å². The minimum atomic E-state index is -0.306. The monoisotopic (exact) mass is 747 g/mol. The minimum Gasteiger partial charge on any atom is -0.450 e. The number of nitrogens with zero attached hydrogens (tertiary/aromatic N) is 6. The van der Waals surface area contributed by atoms with Gasteiger partial charge in [0.2, 0.25) is 0 Å². The third kappa shape index (κ3) is 9.98. The molecule has 55 heavy (non-hydrogen) atoms. The summed E-state index contributed by atoms with van der Waals surface area (Å²) >= 11 is 0. The number of hydrogen-bond acceptors (Lipinski definition) is 12. The van der Waals surface area contributed by atoms with Gasteiger partial charge >= 0.3 is 0 Å². The molecular formula is C42H49N7O6. The van der Waals surface area contributed by atoms with Crippen molar-refractivity contribution in [3.05, 3.63) is 113 Å². The summed E-state index contributed by atoms with van der Waals surface area (Å²) in [6.45, 7) is 19.1. The largest absolute Gasteiger partial charge is 0.450 e. The molecule has 1 unspecified atom stereocenters. The summed E-state index contributed by atoms with van der Waals surface area (Å²) in [5.41, 5.74) is 5.39. The van der Waals surface area contributed by atoms with Gasteiger partial charge in [0.05, 0.1) is 31.6 Å². The Hall–Kier alpha value is -5.94. The van der Waals surface area contributed by atoms with Gasteiger partial charge in [-0.15, -0.1) is 0 Å². The molecule has 3 fully saturated rings. The quantitative estimate of drug-likeness (QED) is 0.135. The second-order valence-corrected chi connectivity index (χ2v) is 12.6. The van der Waals surface area contributed by atoms with Crippen molar-refractivity contribution in [3.8, 4) is 11.8 Å². The van der Waals surface area contributed by atoms with Crippen molar-refractivity contribution < 1.29 is 23.8 Å². The first-order valence-electron chi connectivity index (χ1n) is 17.9. The number of pyridine rings is 2. The van der Waals surface area contributed by atoms with Crippen molar-refractivity contribution in [3.63, 3.8) is 0 Å². The molecule has 1 atom stereocenters. The fourth-order valence-electron chi connectivity index (χ4n) is 6.37. The van der Waals surface area contributed by atoms with Gasteiger partial charge < -0.3 is 38.6 Å². The number of benzene rings is 1. The summed E-state index contributed by atoms with van der Waals surface area (Å²) in [5.74, 6) is 8.02. The highest BCUT2D eigenvalue weighted by Crippen LogP contribution is 2.35. The lowest BCUT2D eigenvalue weighted by Crippen LogP contribution is -2.68. The normalized spacial score (nSPS) is 16.5. The number of carbonyl (C=O) groups excluding carboxylic acids is 1. The topological polar surface area (TPSA) is 159 Å². The van der Waals surface area contributed by atoms with Crippen LogP contribution in [0.1, 0.15) is 42.4 Å². The molecule has 13 heteroatoms. The average molecular weight is 748 g/mol. The number of aryl methyl sites for hydroxylation is 2. The van der Waals surface area contributed by atoms with Crippen LogP contribution in [0.15, 0.2) is 94.0 Å². The molecule has 1 aromatic carbocycles. The first kappa shape index (κ1) is 41.8. The van der Waals surface area contributed by atoms with E-state index in [2.05, 4.69) is 72.9 Å². The van der Waals surface area contributed by atoms with E-state index in [0.717, 1.165) is 70.7 Å². The van der Waals surface area contributed by atoms with Crippen molar-refractivity contribution in [1.29, 1.82) is 0 Å². The average Bonchev–Trinajstić information content (AvgIpc) is 3.88. The molecule has 288 valence electrons. The highest BCUT2D eigenvalue weighted by molar-refractivity contribution is 6.05. The van der Waals surface area contributed by atoms with E-state index in [0.29, 0.717) is 32.1 Å². The molecule has 0 radical (unpaired) electrons. The highest BCUT2D eigenvalue weighted by atomic mass is 16.6. The zero-order valence-corrected chi connectivity index (χ0v) is 32.0. The molecule has 1 spiro atoms. The van der Waals surface area contributed by atoms with Crippen molar-refractivity contribution in [2.75, 3.05) is 56.4 Å². The molecule has 3 aliphatic heterocycles. The third-order valence-corrected chi connectivity index (χ3v) is 9.23. The Balaban J connectivity index is 0.000000203. The van der Waals surface area contributed by atoms with Crippen LogP contribution in [0.2, 0.25) is 0 Å². The Morgan fingerprint density at radius 1 is 1.05 bits per heavy atom. The number of aliphatic imine (C=N–C) groups is 1. The van der Waals surface area contributed by atoms with E-state index >= 15 is 0 Å². The molecule has 8 rings (SSSR count). The van der Waals surface area contributed by atoms with Gasteiger partial charge in [0.1, 0.15) is 35.0 Å². The Kier molecular flexibility index (Phi) is 15.6. The molecule has 0 saturated carbocycles. The first-order valence-corrected chi connectivity index (χ1v) is 17.9.